The summed E-state index contributed by atoms with van der Waals surface area (Å²) in [6.07, 6.45) is -0.743. The lowest BCUT2D eigenvalue weighted by Gasteiger charge is -2.13. The van der Waals surface area contributed by atoms with E-state index in [9.17, 15) is 18.3 Å². The largest absolute Gasteiger partial charge is 0.494 e. The fourth-order valence-corrected chi connectivity index (χ4v) is 2.14. The monoisotopic (exact) mass is 296 g/mol. The maximum absolute atomic E-state index is 13.9. The number of halogens is 3. The van der Waals surface area contributed by atoms with E-state index in [1.807, 2.05) is 0 Å². The summed E-state index contributed by atoms with van der Waals surface area (Å²) < 4.78 is 44.7. The average molecular weight is 296 g/mol. The van der Waals surface area contributed by atoms with E-state index >= 15 is 0 Å². The van der Waals surface area contributed by atoms with Crippen LogP contribution in [0.25, 0.3) is 0 Å². The standard InChI is InChI=1S/C16H15F3O2/c1-21-15-4-2-3-11(16(15)19)9-12(20)7-10-5-6-13(17)14(18)8-10/h2-6,8,12,20H,7,9H2,1H3. The highest BCUT2D eigenvalue weighted by atomic mass is 19.2. The molecule has 2 aromatic rings. The molecule has 0 heterocycles. The van der Waals surface area contributed by atoms with Crippen LogP contribution in [0.3, 0.4) is 0 Å². The van der Waals surface area contributed by atoms with Crippen molar-refractivity contribution in [2.45, 2.75) is 18.9 Å². The van der Waals surface area contributed by atoms with Crippen LogP contribution in [0.5, 0.6) is 5.75 Å². The molecule has 0 aliphatic rings. The molecule has 0 aliphatic heterocycles. The zero-order valence-corrected chi connectivity index (χ0v) is 11.4. The highest BCUT2D eigenvalue weighted by Crippen LogP contribution is 2.22. The SMILES string of the molecule is COc1cccc(CC(O)Cc2ccc(F)c(F)c2)c1F. The molecule has 2 rings (SSSR count). The van der Waals surface area contributed by atoms with Gasteiger partial charge in [-0.25, -0.2) is 13.2 Å². The van der Waals surface area contributed by atoms with Crippen molar-refractivity contribution in [3.8, 4) is 5.75 Å². The molecule has 21 heavy (non-hydrogen) atoms. The first kappa shape index (κ1) is 15.4. The van der Waals surface area contributed by atoms with Crippen LogP contribution in [0.4, 0.5) is 13.2 Å². The lowest BCUT2D eigenvalue weighted by molar-refractivity contribution is 0.173. The second-order valence-electron chi connectivity index (χ2n) is 4.74. The topological polar surface area (TPSA) is 29.5 Å². The Morgan fingerprint density at radius 2 is 1.81 bits per heavy atom. The maximum atomic E-state index is 13.9. The Morgan fingerprint density at radius 1 is 1.05 bits per heavy atom. The average Bonchev–Trinajstić information content (AvgIpc) is 2.45. The molecule has 2 nitrogen and oxygen atoms in total. The van der Waals surface area contributed by atoms with Crippen LogP contribution in [-0.2, 0) is 12.8 Å². The minimum Gasteiger partial charge on any atom is -0.494 e. The number of benzene rings is 2. The van der Waals surface area contributed by atoms with Gasteiger partial charge in [-0.2, -0.15) is 0 Å². The molecule has 0 saturated heterocycles. The van der Waals surface area contributed by atoms with Gasteiger partial charge < -0.3 is 9.84 Å². The summed E-state index contributed by atoms with van der Waals surface area (Å²) in [7, 11) is 1.36. The van der Waals surface area contributed by atoms with Crippen molar-refractivity contribution in [3.05, 3.63) is 65.0 Å². The first-order chi connectivity index (χ1) is 10.0. The van der Waals surface area contributed by atoms with E-state index in [1.54, 1.807) is 12.1 Å². The predicted octanol–water partition coefficient (Wildman–Crippen LogP) is 3.26. The predicted molar refractivity (Wildman–Crippen MR) is 72.7 cm³/mol. The first-order valence-corrected chi connectivity index (χ1v) is 6.44. The van der Waals surface area contributed by atoms with E-state index in [2.05, 4.69) is 0 Å². The third kappa shape index (κ3) is 3.76. The first-order valence-electron chi connectivity index (χ1n) is 6.44. The Kier molecular flexibility index (Phi) is 4.85. The van der Waals surface area contributed by atoms with Crippen LogP contribution in [0.2, 0.25) is 0 Å². The lowest BCUT2D eigenvalue weighted by Crippen LogP contribution is -2.15. The van der Waals surface area contributed by atoms with Gasteiger partial charge in [-0.05, 0) is 35.7 Å². The molecular weight excluding hydrogens is 281 g/mol. The quantitative estimate of drug-likeness (QED) is 0.917. The Labute approximate surface area is 120 Å². The number of rotatable bonds is 5. The zero-order valence-electron chi connectivity index (χ0n) is 11.4. The lowest BCUT2D eigenvalue weighted by atomic mass is 10.0. The molecule has 2 aromatic carbocycles. The van der Waals surface area contributed by atoms with Gasteiger partial charge in [-0.3, -0.25) is 0 Å². The van der Waals surface area contributed by atoms with Crippen molar-refractivity contribution < 1.29 is 23.0 Å². The van der Waals surface area contributed by atoms with Gasteiger partial charge in [0.2, 0.25) is 0 Å². The van der Waals surface area contributed by atoms with Gasteiger partial charge in [0.25, 0.3) is 0 Å². The van der Waals surface area contributed by atoms with Gasteiger partial charge in [0.15, 0.2) is 23.2 Å². The van der Waals surface area contributed by atoms with Crippen molar-refractivity contribution in [1.29, 1.82) is 0 Å². The van der Waals surface area contributed by atoms with Crippen molar-refractivity contribution in [1.82, 2.24) is 0 Å². The smallest absolute Gasteiger partial charge is 0.168 e. The molecule has 1 unspecified atom stereocenters. The van der Waals surface area contributed by atoms with Gasteiger partial charge in [0.1, 0.15) is 0 Å². The normalized spacial score (nSPS) is 12.2. The Bertz CT molecular complexity index is 629. The van der Waals surface area contributed by atoms with Gasteiger partial charge in [-0.1, -0.05) is 18.2 Å². The molecule has 5 heteroatoms. The Hall–Kier alpha value is -2.01. The van der Waals surface area contributed by atoms with Crippen LogP contribution >= 0.6 is 0 Å². The number of ether oxygens (including phenoxy) is 1. The molecule has 0 amide bonds. The molecule has 1 N–H and O–H groups in total. The number of methoxy groups -OCH3 is 1. The maximum Gasteiger partial charge on any atom is 0.168 e. The van der Waals surface area contributed by atoms with Crippen LogP contribution in [0.1, 0.15) is 11.1 Å². The fourth-order valence-electron chi connectivity index (χ4n) is 2.14. The van der Waals surface area contributed by atoms with E-state index in [-0.39, 0.29) is 18.6 Å². The Balaban J connectivity index is 2.08. The number of aliphatic hydroxyl groups is 1. The summed E-state index contributed by atoms with van der Waals surface area (Å²) in [4.78, 5) is 0. The highest BCUT2D eigenvalue weighted by Gasteiger charge is 2.14. The summed E-state index contributed by atoms with van der Waals surface area (Å²) >= 11 is 0. The van der Waals surface area contributed by atoms with Gasteiger partial charge in [0.05, 0.1) is 13.2 Å². The summed E-state index contributed by atoms with van der Waals surface area (Å²) in [6.45, 7) is 0. The van der Waals surface area contributed by atoms with Gasteiger partial charge in [-0.15, -0.1) is 0 Å². The summed E-state index contributed by atoms with van der Waals surface area (Å²) in [5, 5.41) is 9.98. The van der Waals surface area contributed by atoms with E-state index in [0.717, 1.165) is 12.1 Å². The van der Waals surface area contributed by atoms with Crippen LogP contribution in [0.15, 0.2) is 36.4 Å². The van der Waals surface area contributed by atoms with E-state index in [0.29, 0.717) is 11.1 Å². The number of hydrogen-bond acceptors (Lipinski definition) is 2. The van der Waals surface area contributed by atoms with E-state index in [1.165, 1.54) is 19.2 Å². The molecule has 0 aliphatic carbocycles. The van der Waals surface area contributed by atoms with Crippen LogP contribution < -0.4 is 4.74 Å². The fraction of sp³-hybridized carbons (Fsp3) is 0.250. The third-order valence-electron chi connectivity index (χ3n) is 3.17. The number of hydrogen-bond donors (Lipinski definition) is 1. The summed E-state index contributed by atoms with van der Waals surface area (Å²) in [5.41, 5.74) is 0.758. The molecule has 0 aromatic heterocycles. The van der Waals surface area contributed by atoms with Crippen LogP contribution in [0, 0.1) is 17.5 Å². The van der Waals surface area contributed by atoms with Crippen molar-refractivity contribution in [2.75, 3.05) is 7.11 Å². The molecule has 0 spiro atoms. The van der Waals surface area contributed by atoms with Crippen molar-refractivity contribution in [3.63, 3.8) is 0 Å². The number of aliphatic hydroxyl groups excluding tert-OH is 1. The van der Waals surface area contributed by atoms with Crippen LogP contribution in [-0.4, -0.2) is 18.3 Å². The molecule has 0 radical (unpaired) electrons. The third-order valence-corrected chi connectivity index (χ3v) is 3.17. The molecule has 0 bridgehead atoms. The molecule has 0 saturated carbocycles. The molecule has 0 fully saturated rings. The highest BCUT2D eigenvalue weighted by molar-refractivity contribution is 5.31. The summed E-state index contributed by atoms with van der Waals surface area (Å²) in [5.74, 6) is -2.32. The van der Waals surface area contributed by atoms with Crippen molar-refractivity contribution in [2.24, 2.45) is 0 Å². The molecule has 1 atom stereocenters. The van der Waals surface area contributed by atoms with Crippen molar-refractivity contribution >= 4 is 0 Å². The van der Waals surface area contributed by atoms with E-state index < -0.39 is 23.6 Å². The van der Waals surface area contributed by atoms with Gasteiger partial charge in [0, 0.05) is 6.42 Å². The molecular formula is C16H15F3O2. The minimum absolute atomic E-state index is 0.0576. The Morgan fingerprint density at radius 3 is 2.48 bits per heavy atom. The minimum atomic E-state index is -0.965. The molecule has 112 valence electrons. The zero-order chi connectivity index (χ0) is 15.4. The van der Waals surface area contributed by atoms with Gasteiger partial charge >= 0.3 is 0 Å². The second-order valence-corrected chi connectivity index (χ2v) is 4.74. The second kappa shape index (κ2) is 6.63. The van der Waals surface area contributed by atoms with E-state index in [4.69, 9.17) is 4.74 Å². The summed E-state index contributed by atoms with van der Waals surface area (Å²) in [6, 6.07) is 8.09.